The minimum Gasteiger partial charge on any atom is -0.480 e. The highest BCUT2D eigenvalue weighted by atomic mass is 79.9. The average Bonchev–Trinajstić information content (AvgIpc) is 2.47. The normalized spacial score (nSPS) is 26.9. The maximum atomic E-state index is 5.29. The molecule has 1 saturated heterocycles. The van der Waals surface area contributed by atoms with Gasteiger partial charge >= 0.3 is 0 Å². The highest BCUT2D eigenvalue weighted by Gasteiger charge is 2.34. The summed E-state index contributed by atoms with van der Waals surface area (Å²) in [4.78, 5) is 11.4. The first-order valence-corrected chi connectivity index (χ1v) is 7.92. The van der Waals surface area contributed by atoms with Crippen LogP contribution >= 0.6 is 15.9 Å². The van der Waals surface area contributed by atoms with Crippen LogP contribution < -0.4 is 9.64 Å². The summed E-state index contributed by atoms with van der Waals surface area (Å²) in [6.07, 6.45) is 9.80. The van der Waals surface area contributed by atoms with Gasteiger partial charge in [-0.2, -0.15) is 4.98 Å². The van der Waals surface area contributed by atoms with Gasteiger partial charge in [0.15, 0.2) is 0 Å². The lowest BCUT2D eigenvalue weighted by molar-refractivity contribution is 0.241. The molecule has 1 aliphatic carbocycles. The standard InChI is InChI=1S/C14H20BrN3O/c1-19-13-11(15)9-16-14(17-13)18-8-4-6-10-5-2-3-7-12(10)18/h9-10,12H,2-8H2,1H3. The predicted molar refractivity (Wildman–Crippen MR) is 78.6 cm³/mol. The van der Waals surface area contributed by atoms with Crippen LogP contribution in [0, 0.1) is 5.92 Å². The molecule has 2 heterocycles. The quantitative estimate of drug-likeness (QED) is 0.835. The molecule has 0 aromatic carbocycles. The summed E-state index contributed by atoms with van der Waals surface area (Å²) in [5.41, 5.74) is 0. The summed E-state index contributed by atoms with van der Waals surface area (Å²) in [7, 11) is 1.65. The van der Waals surface area contributed by atoms with Crippen LogP contribution in [0.15, 0.2) is 10.7 Å². The molecule has 5 heteroatoms. The fraction of sp³-hybridized carbons (Fsp3) is 0.714. The Kier molecular flexibility index (Phi) is 3.91. The fourth-order valence-electron chi connectivity index (χ4n) is 3.50. The maximum absolute atomic E-state index is 5.29. The zero-order chi connectivity index (χ0) is 13.2. The molecule has 0 bridgehead atoms. The van der Waals surface area contributed by atoms with Crippen LogP contribution in [0.2, 0.25) is 0 Å². The summed E-state index contributed by atoms with van der Waals surface area (Å²) in [6, 6.07) is 0.633. The van der Waals surface area contributed by atoms with Crippen molar-refractivity contribution < 1.29 is 4.74 Å². The lowest BCUT2D eigenvalue weighted by atomic mass is 9.78. The highest BCUT2D eigenvalue weighted by Crippen LogP contribution is 2.37. The van der Waals surface area contributed by atoms with E-state index in [1.807, 2.05) is 0 Å². The van der Waals surface area contributed by atoms with Gasteiger partial charge in [-0.05, 0) is 47.5 Å². The van der Waals surface area contributed by atoms with E-state index in [2.05, 4.69) is 30.8 Å². The number of fused-ring (bicyclic) bond motifs is 1. The van der Waals surface area contributed by atoms with Crippen molar-refractivity contribution in [3.05, 3.63) is 10.7 Å². The maximum Gasteiger partial charge on any atom is 0.232 e. The molecular weight excluding hydrogens is 306 g/mol. The lowest BCUT2D eigenvalue weighted by Crippen LogP contribution is -2.47. The lowest BCUT2D eigenvalue weighted by Gasteiger charge is -2.44. The number of hydrogen-bond acceptors (Lipinski definition) is 4. The van der Waals surface area contributed by atoms with Gasteiger partial charge in [-0.25, -0.2) is 4.98 Å². The van der Waals surface area contributed by atoms with Gasteiger partial charge in [0.05, 0.1) is 17.8 Å². The molecule has 2 unspecified atom stereocenters. The summed E-state index contributed by atoms with van der Waals surface area (Å²) in [5, 5.41) is 0. The third-order valence-electron chi connectivity index (χ3n) is 4.39. The molecule has 3 rings (SSSR count). The zero-order valence-electron chi connectivity index (χ0n) is 11.3. The SMILES string of the molecule is COc1nc(N2CCCC3CCCCC32)ncc1Br. The summed E-state index contributed by atoms with van der Waals surface area (Å²) >= 11 is 3.41. The number of hydrogen-bond donors (Lipinski definition) is 0. The minimum absolute atomic E-state index is 0.628. The third-order valence-corrected chi connectivity index (χ3v) is 4.94. The van der Waals surface area contributed by atoms with Crippen molar-refractivity contribution in [3.63, 3.8) is 0 Å². The summed E-state index contributed by atoms with van der Waals surface area (Å²) < 4.78 is 6.10. The topological polar surface area (TPSA) is 38.2 Å². The third kappa shape index (κ3) is 2.57. The zero-order valence-corrected chi connectivity index (χ0v) is 12.9. The fourth-order valence-corrected chi connectivity index (χ4v) is 3.85. The van der Waals surface area contributed by atoms with Crippen LogP contribution in [-0.2, 0) is 0 Å². The molecule has 0 radical (unpaired) electrons. The van der Waals surface area contributed by atoms with E-state index in [-0.39, 0.29) is 0 Å². The van der Waals surface area contributed by atoms with E-state index in [4.69, 9.17) is 4.74 Å². The number of methoxy groups -OCH3 is 1. The van der Waals surface area contributed by atoms with Crippen LogP contribution in [0.25, 0.3) is 0 Å². The van der Waals surface area contributed by atoms with Crippen molar-refractivity contribution in [3.8, 4) is 5.88 Å². The molecule has 0 N–H and O–H groups in total. The number of halogens is 1. The van der Waals surface area contributed by atoms with Gasteiger partial charge < -0.3 is 9.64 Å². The molecule has 1 aromatic rings. The predicted octanol–water partition coefficient (Wildman–Crippen LogP) is 3.41. The van der Waals surface area contributed by atoms with Crippen molar-refractivity contribution in [2.75, 3.05) is 18.6 Å². The Morgan fingerprint density at radius 1 is 1.26 bits per heavy atom. The number of nitrogens with zero attached hydrogens (tertiary/aromatic N) is 3. The van der Waals surface area contributed by atoms with Gasteiger partial charge in [-0.1, -0.05) is 12.8 Å². The van der Waals surface area contributed by atoms with E-state index in [9.17, 15) is 0 Å². The van der Waals surface area contributed by atoms with E-state index < -0.39 is 0 Å². The smallest absolute Gasteiger partial charge is 0.232 e. The van der Waals surface area contributed by atoms with E-state index in [0.717, 1.165) is 22.9 Å². The van der Waals surface area contributed by atoms with E-state index in [1.54, 1.807) is 13.3 Å². The van der Waals surface area contributed by atoms with Crippen molar-refractivity contribution in [1.82, 2.24) is 9.97 Å². The Balaban J connectivity index is 1.87. The Morgan fingerprint density at radius 3 is 2.89 bits per heavy atom. The van der Waals surface area contributed by atoms with E-state index >= 15 is 0 Å². The van der Waals surface area contributed by atoms with Gasteiger partial charge in [-0.15, -0.1) is 0 Å². The minimum atomic E-state index is 0.628. The van der Waals surface area contributed by atoms with Crippen LogP contribution in [0.3, 0.4) is 0 Å². The molecule has 0 spiro atoms. The molecule has 2 atom stereocenters. The molecule has 104 valence electrons. The Labute approximate surface area is 122 Å². The van der Waals surface area contributed by atoms with E-state index in [0.29, 0.717) is 11.9 Å². The van der Waals surface area contributed by atoms with Crippen LogP contribution in [0.4, 0.5) is 5.95 Å². The first kappa shape index (κ1) is 13.2. The van der Waals surface area contributed by atoms with Crippen molar-refractivity contribution in [1.29, 1.82) is 0 Å². The molecule has 0 amide bonds. The summed E-state index contributed by atoms with van der Waals surface area (Å²) in [5.74, 6) is 2.29. The second-order valence-electron chi connectivity index (χ2n) is 5.47. The number of ether oxygens (including phenoxy) is 1. The second kappa shape index (κ2) is 5.65. The van der Waals surface area contributed by atoms with Crippen molar-refractivity contribution >= 4 is 21.9 Å². The van der Waals surface area contributed by atoms with Crippen LogP contribution in [0.1, 0.15) is 38.5 Å². The van der Waals surface area contributed by atoms with Crippen molar-refractivity contribution in [2.45, 2.75) is 44.6 Å². The molecular formula is C14H20BrN3O. The molecule has 1 saturated carbocycles. The molecule has 1 aromatic heterocycles. The largest absolute Gasteiger partial charge is 0.480 e. The Bertz CT molecular complexity index is 452. The first-order chi connectivity index (χ1) is 9.29. The molecule has 19 heavy (non-hydrogen) atoms. The van der Waals surface area contributed by atoms with Gasteiger partial charge in [0, 0.05) is 12.6 Å². The van der Waals surface area contributed by atoms with Crippen molar-refractivity contribution in [2.24, 2.45) is 5.92 Å². The second-order valence-corrected chi connectivity index (χ2v) is 6.33. The van der Waals surface area contributed by atoms with Gasteiger partial charge in [0.2, 0.25) is 11.8 Å². The molecule has 4 nitrogen and oxygen atoms in total. The number of rotatable bonds is 2. The average molecular weight is 326 g/mol. The van der Waals surface area contributed by atoms with E-state index in [1.165, 1.54) is 38.5 Å². The molecule has 2 aliphatic rings. The van der Waals surface area contributed by atoms with Crippen LogP contribution in [-0.4, -0.2) is 29.7 Å². The van der Waals surface area contributed by atoms with Gasteiger partial charge in [0.25, 0.3) is 0 Å². The summed E-state index contributed by atoms with van der Waals surface area (Å²) in [6.45, 7) is 1.08. The Morgan fingerprint density at radius 2 is 2.05 bits per heavy atom. The van der Waals surface area contributed by atoms with Gasteiger partial charge in [-0.3, -0.25) is 0 Å². The highest BCUT2D eigenvalue weighted by molar-refractivity contribution is 9.10. The van der Waals surface area contributed by atoms with Gasteiger partial charge in [0.1, 0.15) is 0 Å². The molecule has 2 fully saturated rings. The monoisotopic (exact) mass is 325 g/mol. The number of aromatic nitrogens is 2. The molecule has 1 aliphatic heterocycles. The Hall–Kier alpha value is -0.840. The number of piperidine rings is 1. The number of anilines is 1. The first-order valence-electron chi connectivity index (χ1n) is 7.13. The van der Waals surface area contributed by atoms with Crippen LogP contribution in [0.5, 0.6) is 5.88 Å².